The molecule has 7 heteroatoms. The molecule has 2 aromatic rings. The third-order valence-electron chi connectivity index (χ3n) is 2.30. The van der Waals surface area contributed by atoms with Crippen molar-refractivity contribution in [3.8, 4) is 11.8 Å². The molecule has 0 saturated heterocycles. The van der Waals surface area contributed by atoms with E-state index in [1.807, 2.05) is 0 Å². The number of anilines is 1. The molecule has 104 valence electrons. The summed E-state index contributed by atoms with van der Waals surface area (Å²) in [6, 6.07) is 6.21. The molecule has 0 spiro atoms. The lowest BCUT2D eigenvalue weighted by atomic mass is 10.2. The molecule has 0 amide bonds. The van der Waals surface area contributed by atoms with Crippen LogP contribution in [-0.4, -0.2) is 25.1 Å². The summed E-state index contributed by atoms with van der Waals surface area (Å²) in [6.07, 6.45) is 0. The number of hydrogen-bond acceptors (Lipinski definition) is 5. The van der Waals surface area contributed by atoms with Crippen LogP contribution in [0.5, 0.6) is 0 Å². The molecule has 0 saturated carbocycles. The molecular weight excluding hydrogens is 296 g/mol. The first-order valence-corrected chi connectivity index (χ1v) is 8.02. The highest BCUT2D eigenvalue weighted by atomic mass is 32.2. The van der Waals surface area contributed by atoms with Gasteiger partial charge in [-0.1, -0.05) is 17.9 Å². The van der Waals surface area contributed by atoms with Crippen molar-refractivity contribution in [3.05, 3.63) is 40.9 Å². The minimum absolute atomic E-state index is 0.107. The minimum Gasteiger partial charge on any atom is -0.384 e. The highest BCUT2D eigenvalue weighted by Gasteiger charge is 2.15. The van der Waals surface area contributed by atoms with Crippen molar-refractivity contribution < 1.29 is 13.5 Å². The monoisotopic (exact) mass is 308 g/mol. The molecule has 0 fully saturated rings. The molecule has 0 aliphatic heterocycles. The highest BCUT2D eigenvalue weighted by Crippen LogP contribution is 2.20. The Bertz CT molecular complexity index is 770. The van der Waals surface area contributed by atoms with E-state index in [0.717, 1.165) is 5.69 Å². The molecule has 0 unspecified atom stereocenters. The van der Waals surface area contributed by atoms with E-state index in [1.54, 1.807) is 24.4 Å². The molecule has 1 aromatic carbocycles. The maximum atomic E-state index is 12.2. The fraction of sp³-hybridized carbons (Fsp3) is 0.154. The first kappa shape index (κ1) is 14.5. The number of aryl methyl sites for hydroxylation is 1. The molecular formula is C13H12N2O3S2. The van der Waals surface area contributed by atoms with Crippen LogP contribution in [0, 0.1) is 18.8 Å². The average Bonchev–Trinajstić information content (AvgIpc) is 2.81. The second-order valence-electron chi connectivity index (χ2n) is 3.89. The first-order chi connectivity index (χ1) is 9.51. The summed E-state index contributed by atoms with van der Waals surface area (Å²) in [4.78, 5) is 4.17. The molecule has 0 bridgehead atoms. The topological polar surface area (TPSA) is 79.3 Å². The van der Waals surface area contributed by atoms with E-state index in [1.165, 1.54) is 23.5 Å². The highest BCUT2D eigenvalue weighted by molar-refractivity contribution is 7.93. The van der Waals surface area contributed by atoms with Gasteiger partial charge in [0.05, 0.1) is 10.6 Å². The van der Waals surface area contributed by atoms with Crippen molar-refractivity contribution in [2.45, 2.75) is 11.8 Å². The van der Waals surface area contributed by atoms with Gasteiger partial charge in [0.2, 0.25) is 0 Å². The zero-order chi connectivity index (χ0) is 14.6. The number of rotatable bonds is 3. The number of nitrogens with one attached hydrogen (secondary N) is 1. The average molecular weight is 308 g/mol. The standard InChI is InChI=1S/C13H12N2O3S2/c1-10-9-19-13(14-10)15-20(17,18)12-6-2-4-11(8-12)5-3-7-16/h2,4,6,8-9,16H,7H2,1H3,(H,14,15). The van der Waals surface area contributed by atoms with E-state index in [9.17, 15) is 8.42 Å². The van der Waals surface area contributed by atoms with Crippen molar-refractivity contribution in [3.63, 3.8) is 0 Å². The number of aromatic nitrogens is 1. The quantitative estimate of drug-likeness (QED) is 0.844. The maximum absolute atomic E-state index is 12.2. The fourth-order valence-electron chi connectivity index (χ4n) is 1.46. The zero-order valence-electron chi connectivity index (χ0n) is 10.6. The van der Waals surface area contributed by atoms with E-state index in [-0.39, 0.29) is 11.5 Å². The van der Waals surface area contributed by atoms with E-state index < -0.39 is 10.0 Å². The molecule has 1 aromatic heterocycles. The normalized spacial score (nSPS) is 10.7. The molecule has 0 aliphatic carbocycles. The SMILES string of the molecule is Cc1csc(NS(=O)(=O)c2cccc(C#CCO)c2)n1. The molecule has 2 N–H and O–H groups in total. The molecule has 2 rings (SSSR count). The Balaban J connectivity index is 2.29. The van der Waals surface area contributed by atoms with Crippen molar-refractivity contribution in [2.24, 2.45) is 0 Å². The third kappa shape index (κ3) is 3.57. The molecule has 20 heavy (non-hydrogen) atoms. The molecule has 5 nitrogen and oxygen atoms in total. The van der Waals surface area contributed by atoms with Crippen molar-refractivity contribution in [1.82, 2.24) is 4.98 Å². The van der Waals surface area contributed by atoms with Gasteiger partial charge in [-0.3, -0.25) is 4.72 Å². The second kappa shape index (κ2) is 6.05. The first-order valence-electron chi connectivity index (χ1n) is 5.66. The number of hydrogen-bond donors (Lipinski definition) is 2. The number of nitrogens with zero attached hydrogens (tertiary/aromatic N) is 1. The number of benzene rings is 1. The summed E-state index contributed by atoms with van der Waals surface area (Å²) in [5.74, 6) is 5.15. The predicted octanol–water partition coefficient (Wildman–Crippen LogP) is 1.60. The van der Waals surface area contributed by atoms with Gasteiger partial charge in [-0.25, -0.2) is 13.4 Å². The summed E-state index contributed by atoms with van der Waals surface area (Å²) in [5, 5.41) is 10.7. The third-order valence-corrected chi connectivity index (χ3v) is 4.64. The molecule has 1 heterocycles. The van der Waals surface area contributed by atoms with Crippen LogP contribution in [0.4, 0.5) is 5.13 Å². The Morgan fingerprint density at radius 2 is 2.25 bits per heavy atom. The van der Waals surface area contributed by atoms with E-state index in [4.69, 9.17) is 5.11 Å². The van der Waals surface area contributed by atoms with Crippen molar-refractivity contribution >= 4 is 26.5 Å². The van der Waals surface area contributed by atoms with Crippen LogP contribution in [-0.2, 0) is 10.0 Å². The van der Waals surface area contributed by atoms with Gasteiger partial charge in [-0.2, -0.15) is 0 Å². The summed E-state index contributed by atoms with van der Waals surface area (Å²) in [7, 11) is -3.68. The van der Waals surface area contributed by atoms with E-state index in [0.29, 0.717) is 10.7 Å². The Hall–Kier alpha value is -1.88. The number of aliphatic hydroxyl groups is 1. The van der Waals surface area contributed by atoms with Crippen molar-refractivity contribution in [2.75, 3.05) is 11.3 Å². The molecule has 0 aliphatic rings. The molecule has 0 atom stereocenters. The minimum atomic E-state index is -3.68. The Labute approximate surface area is 121 Å². The van der Waals surface area contributed by atoms with Gasteiger partial charge in [0.15, 0.2) is 5.13 Å². The van der Waals surface area contributed by atoms with Gasteiger partial charge in [0, 0.05) is 10.9 Å². The number of aliphatic hydroxyl groups excluding tert-OH is 1. The van der Waals surface area contributed by atoms with Crippen LogP contribution in [0.25, 0.3) is 0 Å². The maximum Gasteiger partial charge on any atom is 0.263 e. The van der Waals surface area contributed by atoms with Gasteiger partial charge in [0.1, 0.15) is 6.61 Å². The van der Waals surface area contributed by atoms with Gasteiger partial charge in [0.25, 0.3) is 10.0 Å². The molecule has 0 radical (unpaired) electrons. The summed E-state index contributed by atoms with van der Waals surface area (Å²) in [6.45, 7) is 1.52. The lowest BCUT2D eigenvalue weighted by Gasteiger charge is -2.05. The van der Waals surface area contributed by atoms with Crippen LogP contribution in [0.1, 0.15) is 11.3 Å². The lowest BCUT2D eigenvalue weighted by molar-refractivity contribution is 0.350. The van der Waals surface area contributed by atoms with Crippen molar-refractivity contribution in [1.29, 1.82) is 0 Å². The summed E-state index contributed by atoms with van der Waals surface area (Å²) < 4.78 is 26.8. The van der Waals surface area contributed by atoms with Gasteiger partial charge in [-0.05, 0) is 25.1 Å². The summed E-state index contributed by atoms with van der Waals surface area (Å²) in [5.41, 5.74) is 1.28. The predicted molar refractivity (Wildman–Crippen MR) is 78.1 cm³/mol. The van der Waals surface area contributed by atoms with Crippen LogP contribution in [0.15, 0.2) is 34.5 Å². The Morgan fingerprint density at radius 3 is 2.90 bits per heavy atom. The second-order valence-corrected chi connectivity index (χ2v) is 6.43. The van der Waals surface area contributed by atoms with Crippen LogP contribution in [0.2, 0.25) is 0 Å². The zero-order valence-corrected chi connectivity index (χ0v) is 12.3. The lowest BCUT2D eigenvalue weighted by Crippen LogP contribution is -2.12. The van der Waals surface area contributed by atoms with Gasteiger partial charge >= 0.3 is 0 Å². The number of sulfonamides is 1. The Morgan fingerprint density at radius 1 is 1.45 bits per heavy atom. The van der Waals surface area contributed by atoms with E-state index in [2.05, 4.69) is 21.5 Å². The fourth-order valence-corrected chi connectivity index (χ4v) is 3.44. The van der Waals surface area contributed by atoms with E-state index >= 15 is 0 Å². The van der Waals surface area contributed by atoms with Crippen LogP contribution in [0.3, 0.4) is 0 Å². The Kier molecular flexibility index (Phi) is 4.39. The summed E-state index contributed by atoms with van der Waals surface area (Å²) >= 11 is 1.23. The van der Waals surface area contributed by atoms with Gasteiger partial charge in [-0.15, -0.1) is 11.3 Å². The van der Waals surface area contributed by atoms with Crippen LogP contribution < -0.4 is 4.72 Å². The van der Waals surface area contributed by atoms with Crippen LogP contribution >= 0.6 is 11.3 Å². The number of thiazole rings is 1. The van der Waals surface area contributed by atoms with Gasteiger partial charge < -0.3 is 5.11 Å². The smallest absolute Gasteiger partial charge is 0.263 e. The largest absolute Gasteiger partial charge is 0.384 e.